The van der Waals surface area contributed by atoms with E-state index in [0.717, 1.165) is 38.8 Å². The maximum Gasteiger partial charge on any atom is 0.255 e. The molecule has 28 heavy (non-hydrogen) atoms. The van der Waals surface area contributed by atoms with Gasteiger partial charge in [0.25, 0.3) is 5.91 Å². The fourth-order valence-electron chi connectivity index (χ4n) is 3.80. The first-order valence-corrected chi connectivity index (χ1v) is 9.89. The van der Waals surface area contributed by atoms with E-state index in [1.165, 1.54) is 12.7 Å². The molecular formula is C21H29Cl2N3O2. The van der Waals surface area contributed by atoms with E-state index in [-0.39, 0.29) is 24.4 Å². The lowest BCUT2D eigenvalue weighted by Gasteiger charge is -2.37. The van der Waals surface area contributed by atoms with Crippen LogP contribution in [0.3, 0.4) is 0 Å². The quantitative estimate of drug-likeness (QED) is 0.547. The maximum absolute atomic E-state index is 12.7. The van der Waals surface area contributed by atoms with Gasteiger partial charge in [-0.2, -0.15) is 0 Å². The molecule has 2 aliphatic rings. The SMILES string of the molecule is COc1cc(N)c(Cl)cc1C(=O)NC1CCN(C(C)C2=CCC=CC2)CC1.Cl. The molecule has 1 aromatic rings. The number of anilines is 1. The standard InChI is InChI=1S/C21H28ClN3O2.ClH/c1-14(15-6-4-3-5-7-15)25-10-8-16(9-11-25)24-21(26)17-12-18(22)19(23)13-20(17)27-2;/h3-4,7,12-14,16H,5-6,8-11,23H2,1-2H3,(H,24,26);1H. The van der Waals surface area contributed by atoms with Crippen LogP contribution < -0.4 is 15.8 Å². The number of allylic oxidation sites excluding steroid dienone is 3. The number of carbonyl (C=O) groups excluding carboxylic acids is 1. The maximum atomic E-state index is 12.7. The zero-order valence-electron chi connectivity index (χ0n) is 16.4. The molecule has 7 heteroatoms. The van der Waals surface area contributed by atoms with Gasteiger partial charge in [-0.3, -0.25) is 9.69 Å². The fourth-order valence-corrected chi connectivity index (χ4v) is 3.97. The number of benzene rings is 1. The van der Waals surface area contributed by atoms with Crippen molar-refractivity contribution in [1.29, 1.82) is 0 Å². The lowest BCUT2D eigenvalue weighted by Crippen LogP contribution is -2.47. The summed E-state index contributed by atoms with van der Waals surface area (Å²) >= 11 is 6.08. The summed E-state index contributed by atoms with van der Waals surface area (Å²) in [4.78, 5) is 15.2. The molecule has 0 radical (unpaired) electrons. The first kappa shape index (κ1) is 22.6. The minimum absolute atomic E-state index is 0. The Labute approximate surface area is 178 Å². The Hall–Kier alpha value is -1.69. The van der Waals surface area contributed by atoms with Crippen LogP contribution in [0.15, 0.2) is 35.9 Å². The number of hydrogen-bond donors (Lipinski definition) is 2. The van der Waals surface area contributed by atoms with Crippen molar-refractivity contribution in [2.45, 2.75) is 44.7 Å². The molecular weight excluding hydrogens is 397 g/mol. The molecule has 1 aromatic carbocycles. The van der Waals surface area contributed by atoms with Gasteiger partial charge in [0.15, 0.2) is 0 Å². The molecule has 1 unspecified atom stereocenters. The second-order valence-electron chi connectivity index (χ2n) is 7.22. The molecule has 1 aliphatic carbocycles. The highest BCUT2D eigenvalue weighted by atomic mass is 35.5. The Balaban J connectivity index is 0.00000280. The van der Waals surface area contributed by atoms with Crippen molar-refractivity contribution in [2.24, 2.45) is 0 Å². The molecule has 0 spiro atoms. The summed E-state index contributed by atoms with van der Waals surface area (Å²) in [6, 6.07) is 3.78. The Morgan fingerprint density at radius 2 is 2.04 bits per heavy atom. The summed E-state index contributed by atoms with van der Waals surface area (Å²) in [7, 11) is 1.52. The van der Waals surface area contributed by atoms with Crippen LogP contribution in [0.1, 0.15) is 43.0 Å². The Bertz CT molecular complexity index is 756. The molecule has 154 valence electrons. The fraction of sp³-hybridized carbons (Fsp3) is 0.476. The number of piperidine rings is 1. The summed E-state index contributed by atoms with van der Waals surface area (Å²) in [5.41, 5.74) is 8.12. The van der Waals surface area contributed by atoms with Crippen LogP contribution >= 0.6 is 24.0 Å². The first-order valence-electron chi connectivity index (χ1n) is 9.51. The van der Waals surface area contributed by atoms with Crippen LogP contribution in [-0.4, -0.2) is 43.1 Å². The summed E-state index contributed by atoms with van der Waals surface area (Å²) in [6.45, 7) is 4.24. The van der Waals surface area contributed by atoms with E-state index in [1.807, 2.05) is 0 Å². The monoisotopic (exact) mass is 425 g/mol. The van der Waals surface area contributed by atoms with Gasteiger partial charge in [0.1, 0.15) is 5.75 Å². The summed E-state index contributed by atoms with van der Waals surface area (Å²) in [5.74, 6) is 0.276. The highest BCUT2D eigenvalue weighted by molar-refractivity contribution is 6.33. The molecule has 1 aliphatic heterocycles. The molecule has 3 rings (SSSR count). The predicted octanol–water partition coefficient (Wildman–Crippen LogP) is 4.21. The molecule has 1 fully saturated rings. The number of ether oxygens (including phenoxy) is 1. The molecule has 3 N–H and O–H groups in total. The number of halogens is 2. The van der Waals surface area contributed by atoms with Gasteiger partial charge < -0.3 is 15.8 Å². The van der Waals surface area contributed by atoms with E-state index >= 15 is 0 Å². The van der Waals surface area contributed by atoms with Gasteiger partial charge >= 0.3 is 0 Å². The van der Waals surface area contributed by atoms with E-state index < -0.39 is 0 Å². The topological polar surface area (TPSA) is 67.6 Å². The highest BCUT2D eigenvalue weighted by Gasteiger charge is 2.26. The largest absolute Gasteiger partial charge is 0.496 e. The van der Waals surface area contributed by atoms with Crippen LogP contribution in [0.4, 0.5) is 5.69 Å². The minimum atomic E-state index is -0.166. The minimum Gasteiger partial charge on any atom is -0.496 e. The lowest BCUT2D eigenvalue weighted by atomic mass is 9.95. The van der Waals surface area contributed by atoms with Crippen molar-refractivity contribution in [3.63, 3.8) is 0 Å². The predicted molar refractivity (Wildman–Crippen MR) is 118 cm³/mol. The average molecular weight is 426 g/mol. The first-order chi connectivity index (χ1) is 13.0. The Morgan fingerprint density at radius 1 is 1.32 bits per heavy atom. The van der Waals surface area contributed by atoms with Crippen molar-refractivity contribution in [2.75, 3.05) is 25.9 Å². The second-order valence-corrected chi connectivity index (χ2v) is 7.63. The summed E-state index contributed by atoms with van der Waals surface area (Å²) < 4.78 is 5.29. The van der Waals surface area contributed by atoms with Crippen molar-refractivity contribution in [3.05, 3.63) is 46.5 Å². The third-order valence-electron chi connectivity index (χ3n) is 5.55. The molecule has 5 nitrogen and oxygen atoms in total. The third-order valence-corrected chi connectivity index (χ3v) is 5.88. The zero-order chi connectivity index (χ0) is 19.4. The lowest BCUT2D eigenvalue weighted by molar-refractivity contribution is 0.0900. The number of nitrogen functional groups attached to an aromatic ring is 1. The number of nitrogens with zero attached hydrogens (tertiary/aromatic N) is 1. The molecule has 0 saturated carbocycles. The number of carbonyl (C=O) groups is 1. The van der Waals surface area contributed by atoms with Gasteiger partial charge in [0.2, 0.25) is 0 Å². The number of amides is 1. The van der Waals surface area contributed by atoms with Gasteiger partial charge in [-0.05, 0) is 38.7 Å². The van der Waals surface area contributed by atoms with Gasteiger partial charge in [-0.15, -0.1) is 12.4 Å². The number of methoxy groups -OCH3 is 1. The normalized spacial score (nSPS) is 18.8. The number of hydrogen-bond acceptors (Lipinski definition) is 4. The zero-order valence-corrected chi connectivity index (χ0v) is 18.0. The molecule has 1 atom stereocenters. The van der Waals surface area contributed by atoms with Crippen molar-refractivity contribution in [1.82, 2.24) is 10.2 Å². The molecule has 1 saturated heterocycles. The second kappa shape index (κ2) is 10.2. The number of likely N-dealkylation sites (tertiary alicyclic amines) is 1. The van der Waals surface area contributed by atoms with Crippen molar-refractivity contribution in [3.8, 4) is 5.75 Å². The van der Waals surface area contributed by atoms with Crippen molar-refractivity contribution >= 4 is 35.6 Å². The van der Waals surface area contributed by atoms with Crippen LogP contribution in [0.25, 0.3) is 0 Å². The number of nitrogens with two attached hydrogens (primary N) is 1. The van der Waals surface area contributed by atoms with E-state index in [4.69, 9.17) is 22.1 Å². The Morgan fingerprint density at radius 3 is 2.64 bits per heavy atom. The van der Waals surface area contributed by atoms with E-state index in [9.17, 15) is 4.79 Å². The number of nitrogens with one attached hydrogen (secondary N) is 1. The molecule has 1 heterocycles. The molecule has 0 bridgehead atoms. The van der Waals surface area contributed by atoms with Gasteiger partial charge in [-0.1, -0.05) is 35.4 Å². The highest BCUT2D eigenvalue weighted by Crippen LogP contribution is 2.29. The summed E-state index contributed by atoms with van der Waals surface area (Å²) in [6.07, 6.45) is 10.8. The van der Waals surface area contributed by atoms with Crippen molar-refractivity contribution < 1.29 is 9.53 Å². The summed E-state index contributed by atoms with van der Waals surface area (Å²) in [5, 5.41) is 3.49. The van der Waals surface area contributed by atoms with Gasteiger partial charge in [0, 0.05) is 31.2 Å². The van der Waals surface area contributed by atoms with Gasteiger partial charge in [-0.25, -0.2) is 0 Å². The van der Waals surface area contributed by atoms with Crippen LogP contribution in [0.5, 0.6) is 5.75 Å². The van der Waals surface area contributed by atoms with Crippen LogP contribution in [0.2, 0.25) is 5.02 Å². The van der Waals surface area contributed by atoms with E-state index in [0.29, 0.717) is 28.1 Å². The van der Waals surface area contributed by atoms with Gasteiger partial charge in [0.05, 0.1) is 23.4 Å². The van der Waals surface area contributed by atoms with E-state index in [1.54, 1.807) is 12.1 Å². The third kappa shape index (κ3) is 5.22. The Kier molecular flexibility index (Phi) is 8.23. The number of rotatable bonds is 5. The average Bonchev–Trinajstić information content (AvgIpc) is 2.70. The molecule has 1 amide bonds. The smallest absolute Gasteiger partial charge is 0.255 e. The van der Waals surface area contributed by atoms with Crippen LogP contribution in [0, 0.1) is 0 Å². The molecule has 0 aromatic heterocycles. The van der Waals surface area contributed by atoms with E-state index in [2.05, 4.69) is 35.4 Å². The van der Waals surface area contributed by atoms with Crippen LogP contribution in [-0.2, 0) is 0 Å².